The number of hydrogen-bond acceptors (Lipinski definition) is 5. The monoisotopic (exact) mass is 419 g/mol. The van der Waals surface area contributed by atoms with Crippen molar-refractivity contribution < 1.29 is 19.1 Å². The summed E-state index contributed by atoms with van der Waals surface area (Å²) >= 11 is 0. The summed E-state index contributed by atoms with van der Waals surface area (Å²) in [5, 5.41) is 8.49. The number of benzene rings is 1. The second-order valence-electron chi connectivity index (χ2n) is 7.34. The lowest BCUT2D eigenvalue weighted by Crippen LogP contribution is -2.52. The summed E-state index contributed by atoms with van der Waals surface area (Å²) in [6.07, 6.45) is 0.904. The minimum Gasteiger partial charge on any atom is -0.484 e. The zero-order chi connectivity index (χ0) is 21.9. The van der Waals surface area contributed by atoms with Crippen molar-refractivity contribution in [1.29, 1.82) is 0 Å². The average Bonchev–Trinajstić information content (AvgIpc) is 2.73. The Bertz CT molecular complexity index is 702. The number of anilines is 1. The highest BCUT2D eigenvalue weighted by Crippen LogP contribution is 2.16. The van der Waals surface area contributed by atoms with Gasteiger partial charge >= 0.3 is 6.03 Å². The molecule has 2 rings (SSSR count). The van der Waals surface area contributed by atoms with Gasteiger partial charge in [0.1, 0.15) is 5.75 Å². The SMILES string of the molecule is CCNC(=O)COc1ccc(NC(=O)N2CCN(CC(=O)NC(C)CC)CC2)cc1. The maximum atomic E-state index is 12.5. The van der Waals surface area contributed by atoms with Crippen LogP contribution in [0.4, 0.5) is 10.5 Å². The first-order chi connectivity index (χ1) is 14.4. The lowest BCUT2D eigenvalue weighted by Gasteiger charge is -2.34. The van der Waals surface area contributed by atoms with E-state index in [1.807, 2.05) is 20.8 Å². The summed E-state index contributed by atoms with van der Waals surface area (Å²) in [4.78, 5) is 39.7. The van der Waals surface area contributed by atoms with Gasteiger partial charge in [0.2, 0.25) is 5.91 Å². The molecule has 9 nitrogen and oxygen atoms in total. The van der Waals surface area contributed by atoms with Crippen LogP contribution < -0.4 is 20.7 Å². The Morgan fingerprint density at radius 2 is 1.70 bits per heavy atom. The van der Waals surface area contributed by atoms with Crippen molar-refractivity contribution in [3.63, 3.8) is 0 Å². The third-order valence-corrected chi connectivity index (χ3v) is 4.90. The molecule has 1 aromatic carbocycles. The number of hydrogen-bond donors (Lipinski definition) is 3. The molecule has 1 atom stereocenters. The van der Waals surface area contributed by atoms with Gasteiger partial charge in [0, 0.05) is 44.5 Å². The second-order valence-corrected chi connectivity index (χ2v) is 7.34. The van der Waals surface area contributed by atoms with E-state index in [1.165, 1.54) is 0 Å². The summed E-state index contributed by atoms with van der Waals surface area (Å²) < 4.78 is 5.40. The summed E-state index contributed by atoms with van der Waals surface area (Å²) in [6, 6.07) is 6.90. The zero-order valence-electron chi connectivity index (χ0n) is 18.1. The van der Waals surface area contributed by atoms with E-state index < -0.39 is 0 Å². The smallest absolute Gasteiger partial charge is 0.321 e. The molecule has 9 heteroatoms. The molecule has 1 aliphatic rings. The van der Waals surface area contributed by atoms with Crippen molar-refractivity contribution >= 4 is 23.5 Å². The van der Waals surface area contributed by atoms with Crippen molar-refractivity contribution in [2.75, 3.05) is 51.2 Å². The van der Waals surface area contributed by atoms with Gasteiger partial charge in [-0.2, -0.15) is 0 Å². The van der Waals surface area contributed by atoms with Crippen LogP contribution in [0.1, 0.15) is 27.2 Å². The summed E-state index contributed by atoms with van der Waals surface area (Å²) in [5.74, 6) is 0.409. The Hall–Kier alpha value is -2.81. The molecule has 1 aliphatic heterocycles. The van der Waals surface area contributed by atoms with Crippen LogP contribution in [0.5, 0.6) is 5.75 Å². The third-order valence-electron chi connectivity index (χ3n) is 4.90. The van der Waals surface area contributed by atoms with E-state index in [4.69, 9.17) is 4.74 Å². The minimum absolute atomic E-state index is 0.0248. The molecule has 1 fully saturated rings. The van der Waals surface area contributed by atoms with E-state index in [0.29, 0.717) is 50.7 Å². The topological polar surface area (TPSA) is 103 Å². The van der Waals surface area contributed by atoms with Crippen LogP contribution in [-0.4, -0.2) is 79.6 Å². The van der Waals surface area contributed by atoms with E-state index in [-0.39, 0.29) is 30.5 Å². The second kappa shape index (κ2) is 12.0. The predicted molar refractivity (Wildman–Crippen MR) is 116 cm³/mol. The number of nitrogens with zero attached hydrogens (tertiary/aromatic N) is 2. The van der Waals surface area contributed by atoms with Crippen LogP contribution in [0.3, 0.4) is 0 Å². The lowest BCUT2D eigenvalue weighted by atomic mass is 10.2. The summed E-state index contributed by atoms with van der Waals surface area (Å²) in [7, 11) is 0. The molecule has 0 saturated carbocycles. The first-order valence-corrected chi connectivity index (χ1v) is 10.5. The first-order valence-electron chi connectivity index (χ1n) is 10.5. The van der Waals surface area contributed by atoms with Crippen LogP contribution in [-0.2, 0) is 9.59 Å². The Balaban J connectivity index is 1.73. The van der Waals surface area contributed by atoms with Gasteiger partial charge in [-0.3, -0.25) is 14.5 Å². The van der Waals surface area contributed by atoms with Gasteiger partial charge in [0.05, 0.1) is 6.54 Å². The average molecular weight is 420 g/mol. The molecular formula is C21H33N5O4. The molecule has 0 aromatic heterocycles. The Labute approximate surface area is 178 Å². The van der Waals surface area contributed by atoms with Crippen molar-refractivity contribution in [3.05, 3.63) is 24.3 Å². The standard InChI is InChI=1S/C21H33N5O4/c1-4-16(3)23-19(27)14-25-10-12-26(13-11-25)21(29)24-17-6-8-18(9-7-17)30-15-20(28)22-5-2/h6-9,16H,4-5,10-15H2,1-3H3,(H,22,28)(H,23,27)(H,24,29). The predicted octanol–water partition coefficient (Wildman–Crippen LogP) is 1.27. The molecule has 3 N–H and O–H groups in total. The number of rotatable bonds is 9. The van der Waals surface area contributed by atoms with Gasteiger partial charge in [-0.05, 0) is 44.5 Å². The molecule has 30 heavy (non-hydrogen) atoms. The van der Waals surface area contributed by atoms with Crippen LogP contribution in [0, 0.1) is 0 Å². The Morgan fingerprint density at radius 1 is 1.03 bits per heavy atom. The number of piperazine rings is 1. The van der Waals surface area contributed by atoms with Crippen LogP contribution in [0.2, 0.25) is 0 Å². The van der Waals surface area contributed by atoms with E-state index >= 15 is 0 Å². The summed E-state index contributed by atoms with van der Waals surface area (Å²) in [6.45, 7) is 9.20. The Kier molecular flexibility index (Phi) is 9.40. The molecule has 4 amide bonds. The fraction of sp³-hybridized carbons (Fsp3) is 0.571. The number of amides is 4. The van der Waals surface area contributed by atoms with Gasteiger partial charge in [-0.15, -0.1) is 0 Å². The zero-order valence-corrected chi connectivity index (χ0v) is 18.1. The van der Waals surface area contributed by atoms with Crippen LogP contribution in [0.25, 0.3) is 0 Å². The van der Waals surface area contributed by atoms with Gasteiger partial charge in [-0.25, -0.2) is 4.79 Å². The van der Waals surface area contributed by atoms with E-state index in [2.05, 4.69) is 20.9 Å². The van der Waals surface area contributed by atoms with Crippen molar-refractivity contribution in [3.8, 4) is 5.75 Å². The van der Waals surface area contributed by atoms with Gasteiger partial charge in [0.15, 0.2) is 6.61 Å². The molecule has 0 bridgehead atoms. The highest BCUT2D eigenvalue weighted by atomic mass is 16.5. The highest BCUT2D eigenvalue weighted by Gasteiger charge is 2.22. The maximum Gasteiger partial charge on any atom is 0.321 e. The van der Waals surface area contributed by atoms with Crippen LogP contribution >= 0.6 is 0 Å². The largest absolute Gasteiger partial charge is 0.484 e. The fourth-order valence-corrected chi connectivity index (χ4v) is 2.97. The fourth-order valence-electron chi connectivity index (χ4n) is 2.97. The molecule has 1 heterocycles. The van der Waals surface area contributed by atoms with Crippen LogP contribution in [0.15, 0.2) is 24.3 Å². The van der Waals surface area contributed by atoms with E-state index in [1.54, 1.807) is 29.2 Å². The van der Waals surface area contributed by atoms with E-state index in [0.717, 1.165) is 6.42 Å². The van der Waals surface area contributed by atoms with Gasteiger partial charge < -0.3 is 25.6 Å². The number of nitrogens with one attached hydrogen (secondary N) is 3. The number of ether oxygens (including phenoxy) is 1. The normalized spacial score (nSPS) is 15.2. The maximum absolute atomic E-state index is 12.5. The quantitative estimate of drug-likeness (QED) is 0.559. The number of likely N-dealkylation sites (N-methyl/N-ethyl adjacent to an activating group) is 1. The number of carbonyl (C=O) groups excluding carboxylic acids is 3. The molecule has 1 aromatic rings. The third kappa shape index (κ3) is 7.90. The van der Waals surface area contributed by atoms with Gasteiger partial charge in [0.25, 0.3) is 5.91 Å². The first kappa shape index (κ1) is 23.5. The molecule has 0 aliphatic carbocycles. The molecule has 1 saturated heterocycles. The summed E-state index contributed by atoms with van der Waals surface area (Å²) in [5.41, 5.74) is 0.653. The number of urea groups is 1. The molecule has 0 radical (unpaired) electrons. The highest BCUT2D eigenvalue weighted by molar-refractivity contribution is 5.89. The van der Waals surface area contributed by atoms with Crippen molar-refractivity contribution in [2.24, 2.45) is 0 Å². The molecule has 166 valence electrons. The van der Waals surface area contributed by atoms with Gasteiger partial charge in [-0.1, -0.05) is 6.92 Å². The van der Waals surface area contributed by atoms with Crippen molar-refractivity contribution in [2.45, 2.75) is 33.2 Å². The lowest BCUT2D eigenvalue weighted by molar-refractivity contribution is -0.123. The molecule has 0 spiro atoms. The molecular weight excluding hydrogens is 386 g/mol. The Morgan fingerprint density at radius 3 is 2.30 bits per heavy atom. The minimum atomic E-state index is -0.175. The number of carbonyl (C=O) groups is 3. The van der Waals surface area contributed by atoms with Crippen molar-refractivity contribution in [1.82, 2.24) is 20.4 Å². The van der Waals surface area contributed by atoms with E-state index in [9.17, 15) is 14.4 Å². The molecule has 1 unspecified atom stereocenters.